The van der Waals surface area contributed by atoms with Crippen LogP contribution in [0.25, 0.3) is 20.8 Å². The zero-order valence-electron chi connectivity index (χ0n) is 20.4. The van der Waals surface area contributed by atoms with Crippen LogP contribution in [-0.2, 0) is 11.3 Å². The molecule has 0 atom stereocenters. The van der Waals surface area contributed by atoms with E-state index in [0.29, 0.717) is 31.1 Å². The third kappa shape index (κ3) is 5.43. The van der Waals surface area contributed by atoms with Gasteiger partial charge in [-0.25, -0.2) is 9.18 Å². The summed E-state index contributed by atoms with van der Waals surface area (Å²) in [5, 5.41) is 8.52. The van der Waals surface area contributed by atoms with Crippen LogP contribution in [0.5, 0.6) is 11.5 Å². The molecule has 1 saturated carbocycles. The number of thiophene rings is 1. The molecule has 1 saturated heterocycles. The smallest absolute Gasteiger partial charge is 0.319 e. The summed E-state index contributed by atoms with van der Waals surface area (Å²) >= 11 is 1.46. The van der Waals surface area contributed by atoms with Gasteiger partial charge in [0.1, 0.15) is 5.75 Å². The molecular weight excluding hydrogens is 507 g/mol. The van der Waals surface area contributed by atoms with Gasteiger partial charge in [0.2, 0.25) is 5.91 Å². The second kappa shape index (κ2) is 10.3. The normalized spacial score (nSPS) is 15.5. The molecule has 0 bridgehead atoms. The number of carbonyl (C=O) groups is 2. The number of anilines is 1. The molecule has 2 aliphatic rings. The second-order valence-corrected chi connectivity index (χ2v) is 10.4. The molecule has 9 nitrogen and oxygen atoms in total. The maximum atomic E-state index is 14.8. The van der Waals surface area contributed by atoms with E-state index in [1.807, 2.05) is 23.1 Å². The number of urea groups is 1. The first kappa shape index (κ1) is 24.3. The first-order chi connectivity index (χ1) is 18.5. The lowest BCUT2D eigenvalue weighted by Gasteiger charge is -2.27. The molecule has 194 valence electrons. The second-order valence-electron chi connectivity index (χ2n) is 9.30. The maximum Gasteiger partial charge on any atom is 0.319 e. The minimum atomic E-state index is -0.587. The van der Waals surface area contributed by atoms with Crippen LogP contribution in [-0.4, -0.2) is 52.5 Å². The summed E-state index contributed by atoms with van der Waals surface area (Å²) in [6.45, 7) is 2.37. The van der Waals surface area contributed by atoms with Crippen LogP contribution in [0.2, 0.25) is 0 Å². The summed E-state index contributed by atoms with van der Waals surface area (Å²) in [7, 11) is 0. The number of fused-ring (bicyclic) bond motifs is 1. The Morgan fingerprint density at radius 3 is 2.82 bits per heavy atom. The molecule has 1 aliphatic heterocycles. The molecule has 38 heavy (non-hydrogen) atoms. The molecule has 0 unspecified atom stereocenters. The number of rotatable bonds is 7. The molecule has 11 heteroatoms. The van der Waals surface area contributed by atoms with Gasteiger partial charge in [0.15, 0.2) is 11.6 Å². The maximum absolute atomic E-state index is 14.8. The number of amides is 3. The predicted octanol–water partition coefficient (Wildman–Crippen LogP) is 4.51. The molecule has 1 aromatic carbocycles. The number of pyridine rings is 2. The van der Waals surface area contributed by atoms with Crippen LogP contribution in [0, 0.1) is 5.82 Å². The van der Waals surface area contributed by atoms with Crippen LogP contribution in [0.15, 0.2) is 54.9 Å². The number of nitrogens with zero attached hydrogens (tertiary/aromatic N) is 3. The van der Waals surface area contributed by atoms with E-state index in [2.05, 4.69) is 25.9 Å². The number of hydrogen-bond donors (Lipinski definition) is 3. The van der Waals surface area contributed by atoms with Crippen molar-refractivity contribution in [3.05, 3.63) is 66.2 Å². The van der Waals surface area contributed by atoms with Crippen molar-refractivity contribution in [3.63, 3.8) is 0 Å². The molecule has 0 radical (unpaired) electrons. The van der Waals surface area contributed by atoms with Crippen molar-refractivity contribution in [2.24, 2.45) is 0 Å². The zero-order valence-corrected chi connectivity index (χ0v) is 21.2. The van der Waals surface area contributed by atoms with Crippen LogP contribution in [0.4, 0.5) is 14.9 Å². The average Bonchev–Trinajstić information content (AvgIpc) is 3.61. The molecule has 3 N–H and O–H groups in total. The summed E-state index contributed by atoms with van der Waals surface area (Å²) in [6, 6.07) is 11.7. The molecule has 3 amide bonds. The highest BCUT2D eigenvalue weighted by Crippen LogP contribution is 2.39. The third-order valence-electron chi connectivity index (χ3n) is 6.34. The number of aromatic nitrogens is 2. The van der Waals surface area contributed by atoms with Gasteiger partial charge in [-0.2, -0.15) is 0 Å². The van der Waals surface area contributed by atoms with Gasteiger partial charge in [-0.3, -0.25) is 14.8 Å². The highest BCUT2D eigenvalue weighted by molar-refractivity contribution is 7.22. The Hall–Kier alpha value is -4.09. The number of nitrogens with one attached hydrogen (secondary N) is 3. The standard InChI is InChI=1S/C27H25FN6O3S/c28-19-11-18(33-27(36)32-17-2-3-17)4-6-22(19)37-23-7-8-30-21-12-24(38-26(21)23)20-5-1-16(13-31-20)15-34-10-9-29-14-25(34)35/h1,4-8,11-13,17,29H,2-3,9-10,14-15H2,(H2,32,33,36). The Bertz CT molecular complexity index is 1500. The summed E-state index contributed by atoms with van der Waals surface area (Å²) in [4.78, 5) is 35.7. The van der Waals surface area contributed by atoms with Gasteiger partial charge in [0.05, 0.1) is 27.3 Å². The van der Waals surface area contributed by atoms with Crippen molar-refractivity contribution < 1.29 is 18.7 Å². The van der Waals surface area contributed by atoms with Crippen molar-refractivity contribution >= 4 is 39.2 Å². The van der Waals surface area contributed by atoms with Gasteiger partial charge in [0.25, 0.3) is 0 Å². The highest BCUT2D eigenvalue weighted by atomic mass is 32.1. The first-order valence-corrected chi connectivity index (χ1v) is 13.2. The van der Waals surface area contributed by atoms with Crippen LogP contribution < -0.4 is 20.7 Å². The largest absolute Gasteiger partial charge is 0.453 e. The minimum Gasteiger partial charge on any atom is -0.453 e. The lowest BCUT2D eigenvalue weighted by molar-refractivity contribution is -0.132. The van der Waals surface area contributed by atoms with E-state index in [1.54, 1.807) is 24.5 Å². The number of carbonyl (C=O) groups excluding carboxylic acids is 2. The van der Waals surface area contributed by atoms with Gasteiger partial charge in [0, 0.05) is 55.9 Å². The molecule has 4 heterocycles. The molecule has 4 aromatic rings. The van der Waals surface area contributed by atoms with E-state index < -0.39 is 5.82 Å². The number of benzene rings is 1. The molecule has 1 aliphatic carbocycles. The lowest BCUT2D eigenvalue weighted by Crippen LogP contribution is -2.47. The fourth-order valence-electron chi connectivity index (χ4n) is 4.18. The van der Waals surface area contributed by atoms with Crippen molar-refractivity contribution in [3.8, 4) is 22.1 Å². The van der Waals surface area contributed by atoms with E-state index in [0.717, 1.165) is 45.7 Å². The first-order valence-electron chi connectivity index (χ1n) is 12.4. The SMILES string of the molecule is O=C(Nc1ccc(Oc2ccnc3cc(-c4ccc(CN5CCNCC5=O)cn4)sc23)c(F)c1)NC1CC1. The minimum absolute atomic E-state index is 0.0468. The fourth-order valence-corrected chi connectivity index (χ4v) is 5.22. The Morgan fingerprint density at radius 1 is 1.16 bits per heavy atom. The van der Waals surface area contributed by atoms with E-state index in [-0.39, 0.29) is 23.7 Å². The highest BCUT2D eigenvalue weighted by Gasteiger charge is 2.23. The Labute approximate surface area is 222 Å². The molecular formula is C27H25FN6O3S. The summed E-state index contributed by atoms with van der Waals surface area (Å²) in [5.41, 5.74) is 2.81. The summed E-state index contributed by atoms with van der Waals surface area (Å²) in [6.07, 6.45) is 5.35. The third-order valence-corrected chi connectivity index (χ3v) is 7.50. The number of halogens is 1. The predicted molar refractivity (Wildman–Crippen MR) is 143 cm³/mol. The molecule has 2 fully saturated rings. The van der Waals surface area contributed by atoms with Gasteiger partial charge in [-0.1, -0.05) is 6.07 Å². The van der Waals surface area contributed by atoms with Crippen molar-refractivity contribution in [2.45, 2.75) is 25.4 Å². The van der Waals surface area contributed by atoms with E-state index >= 15 is 0 Å². The lowest BCUT2D eigenvalue weighted by atomic mass is 10.2. The van der Waals surface area contributed by atoms with E-state index in [4.69, 9.17) is 4.74 Å². The van der Waals surface area contributed by atoms with Crippen molar-refractivity contribution in [2.75, 3.05) is 25.0 Å². The Morgan fingerprint density at radius 2 is 2.05 bits per heavy atom. The summed E-state index contributed by atoms with van der Waals surface area (Å²) < 4.78 is 21.5. The molecule has 6 rings (SSSR count). The van der Waals surface area contributed by atoms with Gasteiger partial charge in [-0.05, 0) is 42.7 Å². The number of hydrogen-bond acceptors (Lipinski definition) is 7. The van der Waals surface area contributed by atoms with Crippen LogP contribution in [0.3, 0.4) is 0 Å². The van der Waals surface area contributed by atoms with E-state index in [9.17, 15) is 14.0 Å². The Kier molecular flexibility index (Phi) is 6.61. The fraction of sp³-hybridized carbons (Fsp3) is 0.259. The summed E-state index contributed by atoms with van der Waals surface area (Å²) in [5.74, 6) is 0.0257. The van der Waals surface area contributed by atoms with Crippen LogP contribution >= 0.6 is 11.3 Å². The van der Waals surface area contributed by atoms with Crippen molar-refractivity contribution in [1.29, 1.82) is 0 Å². The van der Waals surface area contributed by atoms with Crippen LogP contribution in [0.1, 0.15) is 18.4 Å². The van der Waals surface area contributed by atoms with Gasteiger partial charge >= 0.3 is 6.03 Å². The average molecular weight is 533 g/mol. The monoisotopic (exact) mass is 532 g/mol. The number of piperazine rings is 1. The van der Waals surface area contributed by atoms with Gasteiger partial charge in [-0.15, -0.1) is 11.3 Å². The van der Waals surface area contributed by atoms with Crippen molar-refractivity contribution in [1.82, 2.24) is 25.5 Å². The molecule has 0 spiro atoms. The number of ether oxygens (including phenoxy) is 1. The topological polar surface area (TPSA) is 108 Å². The molecule has 3 aromatic heterocycles. The van der Waals surface area contributed by atoms with E-state index in [1.165, 1.54) is 23.5 Å². The Balaban J connectivity index is 1.17. The van der Waals surface area contributed by atoms with Gasteiger partial charge < -0.3 is 25.6 Å². The zero-order chi connectivity index (χ0) is 26.1. The quantitative estimate of drug-likeness (QED) is 0.323.